The molecule has 78 valence electrons. The van der Waals surface area contributed by atoms with Crippen LogP contribution in [0.5, 0.6) is 0 Å². The van der Waals surface area contributed by atoms with Crippen LogP contribution in [0.2, 0.25) is 0 Å². The van der Waals surface area contributed by atoms with Gasteiger partial charge in [0.2, 0.25) is 0 Å². The van der Waals surface area contributed by atoms with Crippen molar-refractivity contribution in [1.82, 2.24) is 4.90 Å². The van der Waals surface area contributed by atoms with Crippen LogP contribution < -0.4 is 0 Å². The van der Waals surface area contributed by atoms with Gasteiger partial charge < -0.3 is 14.6 Å². The van der Waals surface area contributed by atoms with Crippen molar-refractivity contribution in [2.24, 2.45) is 5.92 Å². The van der Waals surface area contributed by atoms with Crippen LogP contribution in [-0.4, -0.2) is 54.5 Å². The molecule has 14 heavy (non-hydrogen) atoms. The van der Waals surface area contributed by atoms with Crippen LogP contribution in [-0.2, 0) is 14.3 Å². The van der Waals surface area contributed by atoms with Crippen LogP contribution in [0.15, 0.2) is 0 Å². The van der Waals surface area contributed by atoms with E-state index in [0.29, 0.717) is 13.2 Å². The quantitative estimate of drug-likeness (QED) is 0.654. The number of carbonyl (C=O) groups is 2. The van der Waals surface area contributed by atoms with Crippen molar-refractivity contribution in [2.45, 2.75) is 6.04 Å². The van der Waals surface area contributed by atoms with Crippen molar-refractivity contribution >= 4 is 12.1 Å². The van der Waals surface area contributed by atoms with E-state index in [1.54, 1.807) is 0 Å². The van der Waals surface area contributed by atoms with Gasteiger partial charge in [-0.1, -0.05) is 0 Å². The van der Waals surface area contributed by atoms with Gasteiger partial charge in [-0.3, -0.25) is 9.69 Å². The molecule has 2 saturated heterocycles. The summed E-state index contributed by atoms with van der Waals surface area (Å²) in [6, 6.07) is -0.373. The van der Waals surface area contributed by atoms with E-state index < -0.39 is 18.0 Å². The third-order valence-electron chi connectivity index (χ3n) is 2.56. The van der Waals surface area contributed by atoms with Gasteiger partial charge in [-0.15, -0.1) is 0 Å². The lowest BCUT2D eigenvalue weighted by Crippen LogP contribution is -2.43. The van der Waals surface area contributed by atoms with Crippen LogP contribution >= 0.6 is 0 Å². The molecule has 6 heteroatoms. The van der Waals surface area contributed by atoms with Gasteiger partial charge in [0.15, 0.2) is 0 Å². The number of hydrogen-bond donors (Lipinski definition) is 1. The van der Waals surface area contributed by atoms with E-state index in [4.69, 9.17) is 14.6 Å². The minimum atomic E-state index is -0.924. The number of rotatable bonds is 2. The normalized spacial score (nSPS) is 32.0. The number of aliphatic carboxylic acids is 1. The molecule has 2 rings (SSSR count). The summed E-state index contributed by atoms with van der Waals surface area (Å²) in [6.07, 6.45) is -0.438. The fraction of sp³-hybridized carbons (Fsp3) is 0.750. The zero-order valence-electron chi connectivity index (χ0n) is 7.51. The van der Waals surface area contributed by atoms with Crippen molar-refractivity contribution in [3.63, 3.8) is 0 Å². The predicted octanol–water partition coefficient (Wildman–Crippen LogP) is -0.462. The maximum Gasteiger partial charge on any atom is 0.410 e. The molecule has 2 heterocycles. The first-order valence-corrected chi connectivity index (χ1v) is 4.44. The van der Waals surface area contributed by atoms with Crippen LogP contribution in [0.25, 0.3) is 0 Å². The van der Waals surface area contributed by atoms with E-state index in [-0.39, 0.29) is 19.3 Å². The molecule has 2 aliphatic heterocycles. The second-order valence-corrected chi connectivity index (χ2v) is 3.36. The Labute approximate surface area is 80.4 Å². The van der Waals surface area contributed by atoms with Gasteiger partial charge >= 0.3 is 12.1 Å². The standard InChI is InChI=1S/C8H11NO5/c10-7(11)5-3-13-4-6(5)9-1-2-14-8(9)12/h5-6H,1-4H2,(H,10,11). The number of cyclic esters (lactones) is 1. The lowest BCUT2D eigenvalue weighted by atomic mass is 10.0. The van der Waals surface area contributed by atoms with Gasteiger partial charge in [0.25, 0.3) is 0 Å². The average molecular weight is 201 g/mol. The maximum absolute atomic E-state index is 11.2. The number of carboxylic acid groups (broad SMARTS) is 1. The van der Waals surface area contributed by atoms with Gasteiger partial charge in [-0.05, 0) is 0 Å². The average Bonchev–Trinajstić information content (AvgIpc) is 2.70. The topological polar surface area (TPSA) is 76.1 Å². The molecule has 2 unspecified atom stereocenters. The summed E-state index contributed by atoms with van der Waals surface area (Å²) in [5.41, 5.74) is 0. The maximum atomic E-state index is 11.2. The molecule has 0 saturated carbocycles. The molecule has 0 radical (unpaired) electrons. The smallest absolute Gasteiger partial charge is 0.410 e. The first kappa shape index (κ1) is 9.26. The molecule has 0 aromatic carbocycles. The number of carbonyl (C=O) groups excluding carboxylic acids is 1. The SMILES string of the molecule is O=C(O)C1COCC1N1CCOC1=O. The molecule has 2 fully saturated rings. The third kappa shape index (κ3) is 1.41. The van der Waals surface area contributed by atoms with Gasteiger partial charge in [-0.25, -0.2) is 4.79 Å². The van der Waals surface area contributed by atoms with Crippen LogP contribution in [0.4, 0.5) is 4.79 Å². The van der Waals surface area contributed by atoms with E-state index >= 15 is 0 Å². The largest absolute Gasteiger partial charge is 0.481 e. The summed E-state index contributed by atoms with van der Waals surface area (Å²) in [5, 5.41) is 8.87. The summed E-state index contributed by atoms with van der Waals surface area (Å²) < 4.78 is 9.81. The van der Waals surface area contributed by atoms with E-state index in [1.807, 2.05) is 0 Å². The highest BCUT2D eigenvalue weighted by Gasteiger charge is 2.42. The van der Waals surface area contributed by atoms with Crippen molar-refractivity contribution in [1.29, 1.82) is 0 Å². The Morgan fingerprint density at radius 1 is 1.50 bits per heavy atom. The van der Waals surface area contributed by atoms with Crippen LogP contribution in [0, 0.1) is 5.92 Å². The van der Waals surface area contributed by atoms with Gasteiger partial charge in [-0.2, -0.15) is 0 Å². The van der Waals surface area contributed by atoms with Crippen LogP contribution in [0.1, 0.15) is 0 Å². The first-order valence-electron chi connectivity index (χ1n) is 4.44. The highest BCUT2D eigenvalue weighted by atomic mass is 16.6. The summed E-state index contributed by atoms with van der Waals surface area (Å²) in [7, 11) is 0. The van der Waals surface area contributed by atoms with E-state index in [1.165, 1.54) is 4.90 Å². The van der Waals surface area contributed by atoms with Crippen molar-refractivity contribution < 1.29 is 24.2 Å². The molecule has 1 N–H and O–H groups in total. The van der Waals surface area contributed by atoms with Crippen molar-refractivity contribution in [3.8, 4) is 0 Å². The summed E-state index contributed by atoms with van der Waals surface area (Å²) in [6.45, 7) is 1.24. The third-order valence-corrected chi connectivity index (χ3v) is 2.56. The highest BCUT2D eigenvalue weighted by molar-refractivity contribution is 5.75. The van der Waals surface area contributed by atoms with E-state index in [0.717, 1.165) is 0 Å². The molecule has 2 aliphatic rings. The number of ether oxygens (including phenoxy) is 2. The van der Waals surface area contributed by atoms with E-state index in [2.05, 4.69) is 0 Å². The Bertz CT molecular complexity index is 266. The van der Waals surface area contributed by atoms with Gasteiger partial charge in [0.1, 0.15) is 12.5 Å². The Balaban J connectivity index is 2.09. The minimum absolute atomic E-state index is 0.170. The van der Waals surface area contributed by atoms with Crippen molar-refractivity contribution in [3.05, 3.63) is 0 Å². The highest BCUT2D eigenvalue weighted by Crippen LogP contribution is 2.22. The Morgan fingerprint density at radius 2 is 2.29 bits per heavy atom. The number of nitrogens with zero attached hydrogens (tertiary/aromatic N) is 1. The molecule has 6 nitrogen and oxygen atoms in total. The Hall–Kier alpha value is -1.30. The lowest BCUT2D eigenvalue weighted by molar-refractivity contribution is -0.142. The molecule has 0 aromatic rings. The summed E-state index contributed by atoms with van der Waals surface area (Å²) in [4.78, 5) is 23.4. The Kier molecular flexibility index (Phi) is 2.28. The number of carboxylic acids is 1. The summed E-state index contributed by atoms with van der Waals surface area (Å²) >= 11 is 0. The fourth-order valence-corrected chi connectivity index (χ4v) is 1.79. The molecule has 0 aromatic heterocycles. The van der Waals surface area contributed by atoms with Crippen LogP contribution in [0.3, 0.4) is 0 Å². The molecule has 0 spiro atoms. The fourth-order valence-electron chi connectivity index (χ4n) is 1.79. The second-order valence-electron chi connectivity index (χ2n) is 3.36. The molecule has 2 atom stereocenters. The molecule has 0 bridgehead atoms. The minimum Gasteiger partial charge on any atom is -0.481 e. The van der Waals surface area contributed by atoms with Crippen molar-refractivity contribution in [2.75, 3.05) is 26.4 Å². The van der Waals surface area contributed by atoms with Gasteiger partial charge in [0, 0.05) is 0 Å². The zero-order chi connectivity index (χ0) is 10.1. The molecular formula is C8H11NO5. The number of hydrogen-bond acceptors (Lipinski definition) is 4. The monoisotopic (exact) mass is 201 g/mol. The second kappa shape index (κ2) is 3.45. The molecule has 0 aliphatic carbocycles. The van der Waals surface area contributed by atoms with E-state index in [9.17, 15) is 9.59 Å². The molecule has 1 amide bonds. The molecular weight excluding hydrogens is 190 g/mol. The Morgan fingerprint density at radius 3 is 2.86 bits per heavy atom. The first-order chi connectivity index (χ1) is 6.70. The summed E-state index contributed by atoms with van der Waals surface area (Å²) in [5.74, 6) is -1.55. The predicted molar refractivity (Wildman–Crippen MR) is 43.8 cm³/mol. The number of amides is 1. The lowest BCUT2D eigenvalue weighted by Gasteiger charge is -2.22. The van der Waals surface area contributed by atoms with Gasteiger partial charge in [0.05, 0.1) is 25.8 Å². The zero-order valence-corrected chi connectivity index (χ0v) is 7.51.